The molecule has 0 amide bonds. The van der Waals surface area contributed by atoms with Crippen LogP contribution < -0.4 is 0 Å². The number of fused-ring (bicyclic) bond motifs is 4. The van der Waals surface area contributed by atoms with Crippen LogP contribution in [0.25, 0.3) is 0 Å². The Morgan fingerprint density at radius 1 is 1.07 bits per heavy atom. The molecule has 0 aromatic rings. The van der Waals surface area contributed by atoms with Gasteiger partial charge in [0.05, 0.1) is 6.10 Å². The summed E-state index contributed by atoms with van der Waals surface area (Å²) in [5.74, 6) is 3.51. The fraction of sp³-hybridized carbons (Fsp3) is 0.786. The molecule has 162 valence electrons. The molecular weight excluding hydrogens is 352 g/mol. The number of hydrogen-bond acceptors (Lipinski definition) is 1. The summed E-state index contributed by atoms with van der Waals surface area (Å²) in [5.41, 5.74) is 5.83. The molecule has 2 fully saturated rings. The molecule has 0 heterocycles. The van der Waals surface area contributed by atoms with Gasteiger partial charge in [-0.3, -0.25) is 0 Å². The molecule has 1 unspecified atom stereocenters. The highest BCUT2D eigenvalue weighted by molar-refractivity contribution is 5.34. The van der Waals surface area contributed by atoms with E-state index in [0.717, 1.165) is 30.6 Å². The third kappa shape index (κ3) is 3.50. The molecule has 7 atom stereocenters. The standard InChI is InChI=1S/C28H44O/c1-18(2)19(3)7-8-20(4)24-11-12-25-23-10-9-21-17-22(29)13-15-27(21,5)26(23)14-16-28(24,25)6/h7-8,18,20-22,24-25,29H,3,9-17H2,1-2,4-6H3/b8-7+/t20-,21?,22+,24-,25+,27+,28-/m1/s1. The molecule has 2 saturated carbocycles. The maximum absolute atomic E-state index is 10.2. The van der Waals surface area contributed by atoms with Gasteiger partial charge >= 0.3 is 0 Å². The third-order valence-electron chi connectivity index (χ3n) is 10.0. The first-order valence-electron chi connectivity index (χ1n) is 12.4. The van der Waals surface area contributed by atoms with Crippen LogP contribution in [0, 0.1) is 40.4 Å². The van der Waals surface area contributed by atoms with Crippen molar-refractivity contribution in [1.29, 1.82) is 0 Å². The van der Waals surface area contributed by atoms with Crippen LogP contribution >= 0.6 is 0 Å². The summed E-state index contributed by atoms with van der Waals surface area (Å²) in [6, 6.07) is 0. The Kier molecular flexibility index (Phi) is 5.69. The van der Waals surface area contributed by atoms with Gasteiger partial charge in [-0.05, 0) is 98.2 Å². The second-order valence-corrected chi connectivity index (χ2v) is 11.8. The maximum atomic E-state index is 10.2. The first-order valence-corrected chi connectivity index (χ1v) is 12.4. The van der Waals surface area contributed by atoms with E-state index in [0.29, 0.717) is 22.7 Å². The zero-order chi connectivity index (χ0) is 21.0. The van der Waals surface area contributed by atoms with Gasteiger partial charge in [-0.25, -0.2) is 0 Å². The lowest BCUT2D eigenvalue weighted by molar-refractivity contribution is 0.0145. The van der Waals surface area contributed by atoms with Gasteiger partial charge in [0, 0.05) is 0 Å². The zero-order valence-electron chi connectivity index (χ0n) is 19.6. The Labute approximate surface area is 179 Å². The molecule has 0 aromatic carbocycles. The van der Waals surface area contributed by atoms with Gasteiger partial charge in [0.1, 0.15) is 0 Å². The third-order valence-corrected chi connectivity index (χ3v) is 10.0. The van der Waals surface area contributed by atoms with Crippen molar-refractivity contribution >= 4 is 0 Å². The van der Waals surface area contributed by atoms with Crippen molar-refractivity contribution in [3.05, 3.63) is 35.5 Å². The number of aliphatic hydroxyl groups excluding tert-OH is 1. The van der Waals surface area contributed by atoms with Crippen molar-refractivity contribution in [3.8, 4) is 0 Å². The van der Waals surface area contributed by atoms with Gasteiger partial charge in [0.2, 0.25) is 0 Å². The average Bonchev–Trinajstić information content (AvgIpc) is 3.03. The van der Waals surface area contributed by atoms with Crippen LogP contribution in [0.3, 0.4) is 0 Å². The Balaban J connectivity index is 1.57. The van der Waals surface area contributed by atoms with Crippen molar-refractivity contribution in [2.75, 3.05) is 0 Å². The molecule has 29 heavy (non-hydrogen) atoms. The quantitative estimate of drug-likeness (QED) is 0.386. The van der Waals surface area contributed by atoms with Crippen molar-refractivity contribution < 1.29 is 5.11 Å². The highest BCUT2D eigenvalue weighted by Gasteiger charge is 2.55. The van der Waals surface area contributed by atoms with Gasteiger partial charge in [0.25, 0.3) is 0 Å². The minimum atomic E-state index is -0.0480. The van der Waals surface area contributed by atoms with E-state index in [2.05, 4.69) is 53.3 Å². The molecule has 0 bridgehead atoms. The Morgan fingerprint density at radius 3 is 2.55 bits per heavy atom. The van der Waals surface area contributed by atoms with Gasteiger partial charge in [0.15, 0.2) is 0 Å². The summed E-state index contributed by atoms with van der Waals surface area (Å²) in [4.78, 5) is 0. The molecule has 0 radical (unpaired) electrons. The minimum absolute atomic E-state index is 0.0480. The van der Waals surface area contributed by atoms with E-state index in [1.54, 1.807) is 0 Å². The minimum Gasteiger partial charge on any atom is -0.393 e. The van der Waals surface area contributed by atoms with Crippen molar-refractivity contribution in [3.63, 3.8) is 0 Å². The number of hydrogen-bond donors (Lipinski definition) is 1. The van der Waals surface area contributed by atoms with Crippen LogP contribution in [0.15, 0.2) is 35.5 Å². The van der Waals surface area contributed by atoms with E-state index in [-0.39, 0.29) is 6.10 Å². The molecule has 1 nitrogen and oxygen atoms in total. The normalized spacial score (nSPS) is 43.3. The molecule has 0 aliphatic heterocycles. The first-order chi connectivity index (χ1) is 13.7. The molecule has 1 heteroatoms. The molecule has 1 N–H and O–H groups in total. The van der Waals surface area contributed by atoms with Crippen molar-refractivity contribution in [1.82, 2.24) is 0 Å². The van der Waals surface area contributed by atoms with Gasteiger partial charge < -0.3 is 5.11 Å². The highest BCUT2D eigenvalue weighted by atomic mass is 16.3. The van der Waals surface area contributed by atoms with Crippen molar-refractivity contribution in [2.45, 2.75) is 98.5 Å². The lowest BCUT2D eigenvalue weighted by atomic mass is 9.50. The zero-order valence-corrected chi connectivity index (χ0v) is 19.6. The number of rotatable bonds is 4. The SMILES string of the molecule is C=C(/C=C/[C@@H](C)[C@H]1CC[C@H]2C3=C(CC[C@]12C)[C@@]1(C)CC[C@H](O)CC1CC3)C(C)C. The Hall–Kier alpha value is -0.820. The Bertz CT molecular complexity index is 712. The maximum Gasteiger partial charge on any atom is 0.0543 e. The predicted octanol–water partition coefficient (Wildman–Crippen LogP) is 7.47. The van der Waals surface area contributed by atoms with Gasteiger partial charge in [-0.2, -0.15) is 0 Å². The number of allylic oxidation sites excluding steroid dienone is 5. The summed E-state index contributed by atoms with van der Waals surface area (Å²) in [6.45, 7) is 16.3. The smallest absolute Gasteiger partial charge is 0.0543 e. The van der Waals surface area contributed by atoms with Gasteiger partial charge in [-0.15, -0.1) is 0 Å². The molecule has 4 aliphatic carbocycles. The first kappa shape index (κ1) is 21.4. The van der Waals surface area contributed by atoms with Crippen LogP contribution in [0.4, 0.5) is 0 Å². The summed E-state index contributed by atoms with van der Waals surface area (Å²) >= 11 is 0. The summed E-state index contributed by atoms with van der Waals surface area (Å²) in [6.07, 6.45) is 16.1. The average molecular weight is 397 g/mol. The van der Waals surface area contributed by atoms with Crippen LogP contribution in [-0.4, -0.2) is 11.2 Å². The summed E-state index contributed by atoms with van der Waals surface area (Å²) < 4.78 is 0. The monoisotopic (exact) mass is 396 g/mol. The largest absolute Gasteiger partial charge is 0.393 e. The lowest BCUT2D eigenvalue weighted by Crippen LogP contribution is -2.45. The fourth-order valence-corrected chi connectivity index (χ4v) is 7.94. The van der Waals surface area contributed by atoms with E-state index in [1.807, 2.05) is 11.1 Å². The van der Waals surface area contributed by atoms with Crippen LogP contribution in [0.5, 0.6) is 0 Å². The Morgan fingerprint density at radius 2 is 1.83 bits per heavy atom. The molecule has 4 rings (SSSR count). The van der Waals surface area contributed by atoms with E-state index in [1.165, 1.54) is 50.5 Å². The van der Waals surface area contributed by atoms with E-state index in [9.17, 15) is 5.11 Å². The molecule has 0 saturated heterocycles. The summed E-state index contributed by atoms with van der Waals surface area (Å²) in [7, 11) is 0. The predicted molar refractivity (Wildman–Crippen MR) is 124 cm³/mol. The van der Waals surface area contributed by atoms with E-state index >= 15 is 0 Å². The highest BCUT2D eigenvalue weighted by Crippen LogP contribution is 2.65. The number of aliphatic hydroxyl groups is 1. The second-order valence-electron chi connectivity index (χ2n) is 11.8. The van der Waals surface area contributed by atoms with Gasteiger partial charge in [-0.1, -0.05) is 70.1 Å². The van der Waals surface area contributed by atoms with E-state index in [4.69, 9.17) is 0 Å². The molecule has 0 spiro atoms. The topological polar surface area (TPSA) is 20.2 Å². The van der Waals surface area contributed by atoms with Crippen LogP contribution in [-0.2, 0) is 0 Å². The fourth-order valence-electron chi connectivity index (χ4n) is 7.94. The second kappa shape index (κ2) is 7.70. The van der Waals surface area contributed by atoms with Crippen molar-refractivity contribution in [2.24, 2.45) is 40.4 Å². The summed E-state index contributed by atoms with van der Waals surface area (Å²) in [5, 5.41) is 10.2. The lowest BCUT2D eigenvalue weighted by Gasteiger charge is -2.55. The van der Waals surface area contributed by atoms with Crippen LogP contribution in [0.1, 0.15) is 92.4 Å². The van der Waals surface area contributed by atoms with E-state index < -0.39 is 0 Å². The molecule has 0 aromatic heterocycles. The molecule has 4 aliphatic rings. The molecular formula is C28H44O. The van der Waals surface area contributed by atoms with Crippen LogP contribution in [0.2, 0.25) is 0 Å².